The van der Waals surface area contributed by atoms with Gasteiger partial charge < -0.3 is 19.7 Å². The van der Waals surface area contributed by atoms with Gasteiger partial charge in [0.25, 0.3) is 0 Å². The molecule has 1 aliphatic rings. The van der Waals surface area contributed by atoms with Crippen LogP contribution in [0.5, 0.6) is 11.5 Å². The van der Waals surface area contributed by atoms with Crippen molar-refractivity contribution < 1.29 is 19.7 Å². The number of rotatable bonds is 8. The summed E-state index contributed by atoms with van der Waals surface area (Å²) < 4.78 is 11.0. The molecule has 0 radical (unpaired) electrons. The molecule has 2 N–H and O–H groups in total. The molecule has 170 valence electrons. The van der Waals surface area contributed by atoms with Crippen LogP contribution in [-0.2, 0) is 5.41 Å². The van der Waals surface area contributed by atoms with Gasteiger partial charge in [0.15, 0.2) is 11.5 Å². The van der Waals surface area contributed by atoms with Crippen LogP contribution in [0.4, 0.5) is 0 Å². The summed E-state index contributed by atoms with van der Waals surface area (Å²) in [7, 11) is 0. The standard InChI is InChI=1S/C23H26Cl4O4/c24-17-11-15(12-18(25)21(17)30-9-7-28)23(5-3-1-2-4-6-23)16-13-19(26)22(20(27)14-16)31-10-8-29/h11-14,28-29H,1-10H2. The Balaban J connectivity index is 2.11. The van der Waals surface area contributed by atoms with Gasteiger partial charge in [-0.3, -0.25) is 0 Å². The van der Waals surface area contributed by atoms with Crippen LogP contribution in [0.1, 0.15) is 49.7 Å². The van der Waals surface area contributed by atoms with Gasteiger partial charge in [0.1, 0.15) is 13.2 Å². The lowest BCUT2D eigenvalue weighted by Crippen LogP contribution is -2.27. The predicted molar refractivity (Wildman–Crippen MR) is 127 cm³/mol. The highest BCUT2D eigenvalue weighted by atomic mass is 35.5. The molecule has 0 heterocycles. The van der Waals surface area contributed by atoms with Gasteiger partial charge in [-0.2, -0.15) is 0 Å². The van der Waals surface area contributed by atoms with Gasteiger partial charge in [0.2, 0.25) is 0 Å². The molecule has 4 nitrogen and oxygen atoms in total. The van der Waals surface area contributed by atoms with E-state index < -0.39 is 0 Å². The second-order valence-corrected chi connectivity index (χ2v) is 9.31. The summed E-state index contributed by atoms with van der Waals surface area (Å²) >= 11 is 26.2. The van der Waals surface area contributed by atoms with Gasteiger partial charge in [0.05, 0.1) is 33.3 Å². The topological polar surface area (TPSA) is 58.9 Å². The number of aliphatic hydroxyl groups excluding tert-OH is 2. The first-order valence-electron chi connectivity index (χ1n) is 10.4. The first-order chi connectivity index (χ1) is 14.9. The van der Waals surface area contributed by atoms with Crippen LogP contribution in [-0.4, -0.2) is 36.6 Å². The molecule has 0 spiro atoms. The zero-order valence-corrected chi connectivity index (χ0v) is 20.1. The predicted octanol–water partition coefficient (Wildman–Crippen LogP) is 6.68. The van der Waals surface area contributed by atoms with Crippen LogP contribution in [0.25, 0.3) is 0 Å². The molecule has 31 heavy (non-hydrogen) atoms. The maximum absolute atomic E-state index is 9.06. The van der Waals surface area contributed by atoms with E-state index in [4.69, 9.17) is 66.1 Å². The number of halogens is 4. The maximum Gasteiger partial charge on any atom is 0.156 e. The number of aliphatic hydroxyl groups is 2. The van der Waals surface area contributed by atoms with Crippen molar-refractivity contribution in [3.63, 3.8) is 0 Å². The fourth-order valence-corrected chi connectivity index (χ4v) is 5.51. The molecule has 1 aliphatic carbocycles. The Morgan fingerprint density at radius 2 is 1.00 bits per heavy atom. The molecule has 0 amide bonds. The van der Waals surface area contributed by atoms with Crippen LogP contribution < -0.4 is 9.47 Å². The molecule has 0 aliphatic heterocycles. The maximum atomic E-state index is 9.06. The molecular formula is C23H26Cl4O4. The molecule has 1 saturated carbocycles. The minimum atomic E-state index is -0.359. The zero-order valence-electron chi connectivity index (χ0n) is 17.1. The molecule has 1 fully saturated rings. The summed E-state index contributed by atoms with van der Waals surface area (Å²) in [5.74, 6) is 0.738. The third-order valence-electron chi connectivity index (χ3n) is 5.73. The van der Waals surface area contributed by atoms with Gasteiger partial charge in [-0.05, 0) is 48.2 Å². The van der Waals surface area contributed by atoms with E-state index in [1.807, 2.05) is 24.3 Å². The first-order valence-corrected chi connectivity index (χ1v) is 11.9. The third kappa shape index (κ3) is 5.55. The average Bonchev–Trinajstić information content (AvgIpc) is 2.99. The van der Waals surface area contributed by atoms with Crippen LogP contribution in [0, 0.1) is 0 Å². The van der Waals surface area contributed by atoms with Gasteiger partial charge in [-0.1, -0.05) is 72.1 Å². The number of benzene rings is 2. The highest BCUT2D eigenvalue weighted by Gasteiger charge is 2.37. The second-order valence-electron chi connectivity index (χ2n) is 7.68. The van der Waals surface area contributed by atoms with Crippen molar-refractivity contribution in [2.24, 2.45) is 0 Å². The first kappa shape index (κ1) is 24.8. The van der Waals surface area contributed by atoms with Crippen LogP contribution in [0.3, 0.4) is 0 Å². The lowest BCUT2D eigenvalue weighted by atomic mass is 9.69. The molecule has 0 aromatic heterocycles. The normalized spacial score (nSPS) is 16.1. The van der Waals surface area contributed by atoms with E-state index in [-0.39, 0.29) is 31.8 Å². The summed E-state index contributed by atoms with van der Waals surface area (Å²) in [4.78, 5) is 0. The monoisotopic (exact) mass is 506 g/mol. The van der Waals surface area contributed by atoms with Crippen LogP contribution in [0.15, 0.2) is 24.3 Å². The summed E-state index contributed by atoms with van der Waals surface area (Å²) in [6.45, 7) is -0.0189. The lowest BCUT2D eigenvalue weighted by molar-refractivity contribution is 0.201. The lowest BCUT2D eigenvalue weighted by Gasteiger charge is -2.35. The summed E-state index contributed by atoms with van der Waals surface area (Å²) in [5, 5.41) is 19.7. The highest BCUT2D eigenvalue weighted by molar-refractivity contribution is 6.38. The molecule has 8 heteroatoms. The summed E-state index contributed by atoms with van der Waals surface area (Å²) in [6.07, 6.45) is 6.21. The third-order valence-corrected chi connectivity index (χ3v) is 6.86. The van der Waals surface area contributed by atoms with Crippen molar-refractivity contribution in [2.75, 3.05) is 26.4 Å². The van der Waals surface area contributed by atoms with Crippen molar-refractivity contribution in [2.45, 2.75) is 43.9 Å². The second kappa shape index (κ2) is 11.3. The van der Waals surface area contributed by atoms with Crippen LogP contribution in [0.2, 0.25) is 20.1 Å². The summed E-state index contributed by atoms with van der Waals surface area (Å²) in [6, 6.07) is 7.57. The van der Waals surface area contributed by atoms with Gasteiger partial charge >= 0.3 is 0 Å². The number of ether oxygens (including phenoxy) is 2. The van der Waals surface area contributed by atoms with Gasteiger partial charge in [-0.25, -0.2) is 0 Å². The molecular weight excluding hydrogens is 482 g/mol. The van der Waals surface area contributed by atoms with Crippen molar-refractivity contribution in [1.29, 1.82) is 0 Å². The molecule has 3 rings (SSSR count). The fourth-order valence-electron chi connectivity index (χ4n) is 4.32. The fraction of sp³-hybridized carbons (Fsp3) is 0.478. The van der Waals surface area contributed by atoms with Crippen molar-refractivity contribution in [3.05, 3.63) is 55.5 Å². The number of hydrogen-bond donors (Lipinski definition) is 2. The molecule has 2 aromatic rings. The quantitative estimate of drug-likeness (QED) is 0.391. The molecule has 0 saturated heterocycles. The Bertz CT molecular complexity index is 784. The van der Waals surface area contributed by atoms with E-state index in [0.717, 1.165) is 49.7 Å². The molecule has 2 aromatic carbocycles. The van der Waals surface area contributed by atoms with Crippen LogP contribution >= 0.6 is 46.4 Å². The van der Waals surface area contributed by atoms with E-state index in [0.29, 0.717) is 31.6 Å². The SMILES string of the molecule is OCCOc1c(Cl)cc(C2(c3cc(Cl)c(OCCO)c(Cl)c3)CCCCCC2)cc1Cl. The van der Waals surface area contributed by atoms with Gasteiger partial charge in [0, 0.05) is 5.41 Å². The van der Waals surface area contributed by atoms with Crippen molar-refractivity contribution >= 4 is 46.4 Å². The van der Waals surface area contributed by atoms with E-state index in [9.17, 15) is 0 Å². The highest BCUT2D eigenvalue weighted by Crippen LogP contribution is 2.49. The Morgan fingerprint density at radius 1 is 0.645 bits per heavy atom. The van der Waals surface area contributed by atoms with E-state index in [2.05, 4.69) is 0 Å². The Hall–Kier alpha value is -0.880. The smallest absolute Gasteiger partial charge is 0.156 e. The molecule has 0 atom stereocenters. The zero-order chi connectivity index (χ0) is 22.4. The Kier molecular flexibility index (Phi) is 9.03. The average molecular weight is 508 g/mol. The minimum absolute atomic E-state index is 0.116. The molecule has 0 bridgehead atoms. The largest absolute Gasteiger partial charge is 0.488 e. The van der Waals surface area contributed by atoms with Crippen molar-refractivity contribution in [1.82, 2.24) is 0 Å². The number of hydrogen-bond acceptors (Lipinski definition) is 4. The Morgan fingerprint density at radius 3 is 1.32 bits per heavy atom. The van der Waals surface area contributed by atoms with E-state index in [1.54, 1.807) is 0 Å². The van der Waals surface area contributed by atoms with E-state index >= 15 is 0 Å². The minimum Gasteiger partial charge on any atom is -0.488 e. The summed E-state index contributed by atoms with van der Waals surface area (Å²) in [5.41, 5.74) is 1.61. The van der Waals surface area contributed by atoms with Crippen molar-refractivity contribution in [3.8, 4) is 11.5 Å². The van der Waals surface area contributed by atoms with E-state index in [1.165, 1.54) is 0 Å². The van der Waals surface area contributed by atoms with Gasteiger partial charge in [-0.15, -0.1) is 0 Å². The molecule has 0 unspecified atom stereocenters. The Labute approximate surface area is 203 Å².